The maximum atomic E-state index is 10.8. The predicted octanol–water partition coefficient (Wildman–Crippen LogP) is 1.42. The lowest BCUT2D eigenvalue weighted by Gasteiger charge is -2.07. The van der Waals surface area contributed by atoms with Crippen LogP contribution in [0.25, 0.3) is 0 Å². The van der Waals surface area contributed by atoms with Gasteiger partial charge < -0.3 is 10.1 Å². The summed E-state index contributed by atoms with van der Waals surface area (Å²) in [6, 6.07) is 4.75. The summed E-state index contributed by atoms with van der Waals surface area (Å²) in [6.07, 6.45) is 0. The first-order valence-corrected chi connectivity index (χ1v) is 5.13. The summed E-state index contributed by atoms with van der Waals surface area (Å²) < 4.78 is 5.25. The van der Waals surface area contributed by atoms with E-state index in [2.05, 4.69) is 5.32 Å². The first kappa shape index (κ1) is 13.0. The lowest BCUT2D eigenvalue weighted by molar-refractivity contribution is -0.385. The Bertz CT molecular complexity index is 431. The highest BCUT2D eigenvalue weighted by Crippen LogP contribution is 2.27. The number of aryl methyl sites for hydroxylation is 1. The number of benzene rings is 1. The van der Waals surface area contributed by atoms with E-state index in [0.717, 1.165) is 5.56 Å². The number of amides is 1. The molecule has 0 aromatic heterocycles. The third-order valence-corrected chi connectivity index (χ3v) is 2.04. The molecule has 0 fully saturated rings. The van der Waals surface area contributed by atoms with Crippen molar-refractivity contribution in [1.82, 2.24) is 5.32 Å². The molecule has 17 heavy (non-hydrogen) atoms. The van der Waals surface area contributed by atoms with Gasteiger partial charge in [0.1, 0.15) is 6.61 Å². The Morgan fingerprint density at radius 3 is 2.82 bits per heavy atom. The molecule has 1 N–H and O–H groups in total. The number of carbonyl (C=O) groups is 1. The van der Waals surface area contributed by atoms with Gasteiger partial charge in [0, 0.05) is 13.0 Å². The highest BCUT2D eigenvalue weighted by Gasteiger charge is 2.14. The second-order valence-electron chi connectivity index (χ2n) is 3.56. The van der Waals surface area contributed by atoms with Crippen LogP contribution in [0.1, 0.15) is 12.5 Å². The molecule has 0 aliphatic rings. The number of rotatable bonds is 5. The smallest absolute Gasteiger partial charge is 0.311 e. The van der Waals surface area contributed by atoms with Crippen molar-refractivity contribution in [3.05, 3.63) is 33.9 Å². The average Bonchev–Trinajstić information content (AvgIpc) is 2.25. The molecule has 1 amide bonds. The van der Waals surface area contributed by atoms with Crippen molar-refractivity contribution in [2.45, 2.75) is 13.8 Å². The largest absolute Gasteiger partial charge is 0.485 e. The summed E-state index contributed by atoms with van der Waals surface area (Å²) in [6.45, 7) is 3.69. The molecule has 6 heteroatoms. The number of carbonyl (C=O) groups excluding carboxylic acids is 1. The van der Waals surface area contributed by atoms with E-state index in [1.807, 2.05) is 0 Å². The molecule has 0 spiro atoms. The van der Waals surface area contributed by atoms with Gasteiger partial charge in [0.15, 0.2) is 5.75 Å². The van der Waals surface area contributed by atoms with Gasteiger partial charge in [-0.3, -0.25) is 14.9 Å². The third kappa shape index (κ3) is 4.10. The van der Waals surface area contributed by atoms with Crippen molar-refractivity contribution < 1.29 is 14.5 Å². The SMILES string of the molecule is CC(=O)NCCOc1ccc(C)cc1[N+](=O)[O-]. The molecule has 0 bridgehead atoms. The molecular weight excluding hydrogens is 224 g/mol. The van der Waals surface area contributed by atoms with E-state index < -0.39 is 4.92 Å². The summed E-state index contributed by atoms with van der Waals surface area (Å²) in [4.78, 5) is 20.9. The van der Waals surface area contributed by atoms with Crippen molar-refractivity contribution in [3.8, 4) is 5.75 Å². The summed E-state index contributed by atoms with van der Waals surface area (Å²) in [5, 5.41) is 13.3. The standard InChI is InChI=1S/C11H14N2O4/c1-8-3-4-11(10(7-8)13(15)16)17-6-5-12-9(2)14/h3-4,7H,5-6H2,1-2H3,(H,12,14). The Kier molecular flexibility index (Phi) is 4.45. The van der Waals surface area contributed by atoms with E-state index in [4.69, 9.17) is 4.74 Å². The van der Waals surface area contributed by atoms with Crippen LogP contribution in [0.2, 0.25) is 0 Å². The lowest BCUT2D eigenvalue weighted by atomic mass is 10.2. The van der Waals surface area contributed by atoms with Gasteiger partial charge in [-0.15, -0.1) is 0 Å². The topological polar surface area (TPSA) is 81.5 Å². The quantitative estimate of drug-likeness (QED) is 0.478. The monoisotopic (exact) mass is 238 g/mol. The number of nitrogens with one attached hydrogen (secondary N) is 1. The second kappa shape index (κ2) is 5.83. The fourth-order valence-electron chi connectivity index (χ4n) is 1.28. The van der Waals surface area contributed by atoms with Gasteiger partial charge in [0.25, 0.3) is 0 Å². The van der Waals surface area contributed by atoms with Crippen LogP contribution in [-0.2, 0) is 4.79 Å². The summed E-state index contributed by atoms with van der Waals surface area (Å²) in [5.74, 6) is 0.0537. The highest BCUT2D eigenvalue weighted by molar-refractivity contribution is 5.72. The van der Waals surface area contributed by atoms with Gasteiger partial charge in [0.2, 0.25) is 5.91 Å². The molecule has 0 heterocycles. The lowest BCUT2D eigenvalue weighted by Crippen LogP contribution is -2.25. The minimum Gasteiger partial charge on any atom is -0.485 e. The molecule has 1 aromatic rings. The molecule has 0 atom stereocenters. The van der Waals surface area contributed by atoms with Gasteiger partial charge in [0.05, 0.1) is 11.5 Å². The number of nitrogens with zero attached hydrogens (tertiary/aromatic N) is 1. The van der Waals surface area contributed by atoms with E-state index in [1.54, 1.807) is 19.1 Å². The molecule has 0 aliphatic heterocycles. The van der Waals surface area contributed by atoms with Crippen LogP contribution in [-0.4, -0.2) is 24.0 Å². The molecule has 0 aliphatic carbocycles. The minimum atomic E-state index is -0.485. The molecular formula is C11H14N2O4. The molecule has 0 unspecified atom stereocenters. The number of nitro benzene ring substituents is 1. The van der Waals surface area contributed by atoms with Gasteiger partial charge in [-0.2, -0.15) is 0 Å². The summed E-state index contributed by atoms with van der Waals surface area (Å²) >= 11 is 0. The predicted molar refractivity (Wildman–Crippen MR) is 62.0 cm³/mol. The van der Waals surface area contributed by atoms with Crippen LogP contribution >= 0.6 is 0 Å². The summed E-state index contributed by atoms with van der Waals surface area (Å²) in [5.41, 5.74) is 0.735. The molecule has 0 saturated carbocycles. The number of hydrogen-bond acceptors (Lipinski definition) is 4. The summed E-state index contributed by atoms with van der Waals surface area (Å²) in [7, 11) is 0. The normalized spacial score (nSPS) is 9.76. The maximum absolute atomic E-state index is 10.8. The average molecular weight is 238 g/mol. The molecule has 0 radical (unpaired) electrons. The fourth-order valence-corrected chi connectivity index (χ4v) is 1.28. The Labute approximate surface area is 98.7 Å². The van der Waals surface area contributed by atoms with E-state index in [0.29, 0.717) is 6.54 Å². The van der Waals surface area contributed by atoms with Crippen molar-refractivity contribution in [1.29, 1.82) is 0 Å². The molecule has 6 nitrogen and oxygen atoms in total. The molecule has 0 saturated heterocycles. The first-order valence-electron chi connectivity index (χ1n) is 5.13. The fraction of sp³-hybridized carbons (Fsp3) is 0.364. The van der Waals surface area contributed by atoms with E-state index >= 15 is 0 Å². The number of ether oxygens (including phenoxy) is 1. The van der Waals surface area contributed by atoms with Gasteiger partial charge in [-0.05, 0) is 18.6 Å². The first-order chi connectivity index (χ1) is 8.00. The Hall–Kier alpha value is -2.11. The number of hydrogen-bond donors (Lipinski definition) is 1. The Morgan fingerprint density at radius 2 is 2.24 bits per heavy atom. The van der Waals surface area contributed by atoms with E-state index in [-0.39, 0.29) is 24.0 Å². The van der Waals surface area contributed by atoms with Gasteiger partial charge in [-0.1, -0.05) is 6.07 Å². The third-order valence-electron chi connectivity index (χ3n) is 2.04. The van der Waals surface area contributed by atoms with E-state index in [9.17, 15) is 14.9 Å². The Balaban J connectivity index is 2.64. The van der Waals surface area contributed by atoms with Crippen molar-refractivity contribution in [2.75, 3.05) is 13.2 Å². The maximum Gasteiger partial charge on any atom is 0.311 e. The van der Waals surface area contributed by atoms with Crippen LogP contribution in [0.15, 0.2) is 18.2 Å². The Morgan fingerprint density at radius 1 is 1.53 bits per heavy atom. The highest BCUT2D eigenvalue weighted by atomic mass is 16.6. The van der Waals surface area contributed by atoms with Crippen LogP contribution in [0.3, 0.4) is 0 Å². The van der Waals surface area contributed by atoms with Gasteiger partial charge >= 0.3 is 5.69 Å². The van der Waals surface area contributed by atoms with Crippen LogP contribution in [0.4, 0.5) is 5.69 Å². The van der Waals surface area contributed by atoms with Crippen molar-refractivity contribution in [3.63, 3.8) is 0 Å². The zero-order chi connectivity index (χ0) is 12.8. The van der Waals surface area contributed by atoms with E-state index in [1.165, 1.54) is 13.0 Å². The zero-order valence-corrected chi connectivity index (χ0v) is 9.73. The van der Waals surface area contributed by atoms with Crippen molar-refractivity contribution in [2.24, 2.45) is 0 Å². The molecule has 92 valence electrons. The molecule has 1 rings (SSSR count). The molecule has 1 aromatic carbocycles. The number of nitro groups is 1. The minimum absolute atomic E-state index is 0.0622. The zero-order valence-electron chi connectivity index (χ0n) is 9.73. The van der Waals surface area contributed by atoms with Crippen LogP contribution in [0.5, 0.6) is 5.75 Å². The van der Waals surface area contributed by atoms with Gasteiger partial charge in [-0.25, -0.2) is 0 Å². The van der Waals surface area contributed by atoms with Crippen molar-refractivity contribution >= 4 is 11.6 Å². The van der Waals surface area contributed by atoms with Crippen LogP contribution in [0, 0.1) is 17.0 Å². The second-order valence-corrected chi connectivity index (χ2v) is 3.56. The van der Waals surface area contributed by atoms with Crippen LogP contribution < -0.4 is 10.1 Å².